The molecule has 0 N–H and O–H groups in total. The summed E-state index contributed by atoms with van der Waals surface area (Å²) in [6.45, 7) is 2.90. The van der Waals surface area contributed by atoms with E-state index < -0.39 is 0 Å². The van der Waals surface area contributed by atoms with E-state index in [0.717, 1.165) is 35.0 Å². The van der Waals surface area contributed by atoms with E-state index in [1.807, 2.05) is 55.5 Å². The number of aryl methyl sites for hydroxylation is 1. The molecule has 0 radical (unpaired) electrons. The smallest absolute Gasteiger partial charge is 0.276 e. The average molecular weight is 386 g/mol. The van der Waals surface area contributed by atoms with E-state index in [4.69, 9.17) is 18.6 Å². The largest absolute Gasteiger partial charge is 0.497 e. The lowest BCUT2D eigenvalue weighted by Crippen LogP contribution is -1.98. The highest BCUT2D eigenvalue weighted by Crippen LogP contribution is 2.20. The van der Waals surface area contributed by atoms with Gasteiger partial charge in [0.05, 0.1) is 13.7 Å². The van der Waals surface area contributed by atoms with Gasteiger partial charge in [0.1, 0.15) is 17.2 Å². The Balaban J connectivity index is 1.34. The quantitative estimate of drug-likeness (QED) is 0.375. The highest BCUT2D eigenvalue weighted by atomic mass is 32.2. The molecule has 3 aromatic rings. The van der Waals surface area contributed by atoms with Crippen molar-refractivity contribution in [3.8, 4) is 17.2 Å². The first kappa shape index (κ1) is 19.1. The standard InChI is InChI=1S/C20H22N2O4S/c1-15-5-3-6-18(13-15)25-14-19-21-22-20(26-19)27-12-4-11-24-17-9-7-16(23-2)8-10-17/h3,5-10,13H,4,11-12,14H2,1-2H3. The predicted molar refractivity (Wildman–Crippen MR) is 104 cm³/mol. The Bertz CT molecular complexity index is 836. The van der Waals surface area contributed by atoms with Gasteiger partial charge in [-0.25, -0.2) is 0 Å². The average Bonchev–Trinajstić information content (AvgIpc) is 3.14. The summed E-state index contributed by atoms with van der Waals surface area (Å²) in [5, 5.41) is 8.59. The van der Waals surface area contributed by atoms with Crippen LogP contribution in [0.2, 0.25) is 0 Å². The maximum absolute atomic E-state index is 5.69. The highest BCUT2D eigenvalue weighted by Gasteiger charge is 2.07. The van der Waals surface area contributed by atoms with Gasteiger partial charge >= 0.3 is 0 Å². The Morgan fingerprint density at radius 2 is 1.78 bits per heavy atom. The molecule has 27 heavy (non-hydrogen) atoms. The van der Waals surface area contributed by atoms with E-state index >= 15 is 0 Å². The van der Waals surface area contributed by atoms with Gasteiger partial charge in [0.2, 0.25) is 0 Å². The minimum absolute atomic E-state index is 0.262. The van der Waals surface area contributed by atoms with Gasteiger partial charge in [-0.15, -0.1) is 10.2 Å². The van der Waals surface area contributed by atoms with Gasteiger partial charge in [-0.1, -0.05) is 23.9 Å². The summed E-state index contributed by atoms with van der Waals surface area (Å²) in [6, 6.07) is 15.4. The molecule has 0 amide bonds. The molecule has 2 aromatic carbocycles. The molecule has 3 rings (SSSR count). The topological polar surface area (TPSA) is 66.6 Å². The lowest BCUT2D eigenvalue weighted by Gasteiger charge is -2.06. The maximum atomic E-state index is 5.69. The maximum Gasteiger partial charge on any atom is 0.276 e. The van der Waals surface area contributed by atoms with E-state index in [-0.39, 0.29) is 6.61 Å². The van der Waals surface area contributed by atoms with E-state index in [1.54, 1.807) is 7.11 Å². The van der Waals surface area contributed by atoms with Crippen LogP contribution in [0.5, 0.6) is 17.2 Å². The van der Waals surface area contributed by atoms with Gasteiger partial charge < -0.3 is 18.6 Å². The van der Waals surface area contributed by atoms with Crippen molar-refractivity contribution in [1.82, 2.24) is 10.2 Å². The summed E-state index contributed by atoms with van der Waals surface area (Å²) in [5.41, 5.74) is 1.14. The van der Waals surface area contributed by atoms with Crippen LogP contribution in [0.15, 0.2) is 58.2 Å². The number of aromatic nitrogens is 2. The summed E-state index contributed by atoms with van der Waals surface area (Å²) >= 11 is 1.51. The third kappa shape index (κ3) is 6.21. The van der Waals surface area contributed by atoms with Crippen LogP contribution in [0.4, 0.5) is 0 Å². The molecule has 0 aliphatic rings. The molecule has 0 atom stereocenters. The van der Waals surface area contributed by atoms with Crippen molar-refractivity contribution in [1.29, 1.82) is 0 Å². The fourth-order valence-electron chi connectivity index (χ4n) is 2.29. The summed E-state index contributed by atoms with van der Waals surface area (Å²) in [4.78, 5) is 0. The second-order valence-electron chi connectivity index (χ2n) is 5.79. The number of nitrogens with zero attached hydrogens (tertiary/aromatic N) is 2. The molecule has 0 aliphatic carbocycles. The number of methoxy groups -OCH3 is 1. The lowest BCUT2D eigenvalue weighted by atomic mass is 10.2. The second kappa shape index (κ2) is 9.87. The Labute approximate surface area is 162 Å². The Hall–Kier alpha value is -2.67. The van der Waals surface area contributed by atoms with Gasteiger partial charge in [0, 0.05) is 5.75 Å². The molecule has 1 heterocycles. The fraction of sp³-hybridized carbons (Fsp3) is 0.300. The van der Waals surface area contributed by atoms with Crippen molar-refractivity contribution in [3.05, 3.63) is 60.0 Å². The molecule has 0 unspecified atom stereocenters. The molecule has 1 aromatic heterocycles. The summed E-state index contributed by atoms with van der Waals surface area (Å²) in [7, 11) is 1.64. The third-order valence-corrected chi connectivity index (χ3v) is 4.55. The molecule has 7 heteroatoms. The van der Waals surface area contributed by atoms with Crippen molar-refractivity contribution in [2.24, 2.45) is 0 Å². The van der Waals surface area contributed by atoms with Crippen molar-refractivity contribution in [2.45, 2.75) is 25.2 Å². The van der Waals surface area contributed by atoms with Crippen molar-refractivity contribution >= 4 is 11.8 Å². The molecular formula is C20H22N2O4S. The SMILES string of the molecule is COc1ccc(OCCCSc2nnc(COc3cccc(C)c3)o2)cc1. The van der Waals surface area contributed by atoms with Crippen LogP contribution in [0.25, 0.3) is 0 Å². The van der Waals surface area contributed by atoms with Gasteiger partial charge in [0.15, 0.2) is 6.61 Å². The minimum atomic E-state index is 0.262. The number of rotatable bonds is 10. The first-order valence-electron chi connectivity index (χ1n) is 8.64. The Kier molecular flexibility index (Phi) is 6.98. The second-order valence-corrected chi connectivity index (χ2v) is 6.84. The molecule has 0 saturated heterocycles. The molecule has 0 bridgehead atoms. The summed E-state index contributed by atoms with van der Waals surface area (Å²) in [5.74, 6) is 3.73. The summed E-state index contributed by atoms with van der Waals surface area (Å²) < 4.78 is 22.1. The monoisotopic (exact) mass is 386 g/mol. The van der Waals surface area contributed by atoms with Crippen LogP contribution >= 0.6 is 11.8 Å². The number of benzene rings is 2. The van der Waals surface area contributed by atoms with Crippen molar-refractivity contribution in [3.63, 3.8) is 0 Å². The van der Waals surface area contributed by atoms with E-state index in [9.17, 15) is 0 Å². The van der Waals surface area contributed by atoms with Crippen LogP contribution in [0.3, 0.4) is 0 Å². The van der Waals surface area contributed by atoms with E-state index in [0.29, 0.717) is 17.7 Å². The predicted octanol–water partition coefficient (Wildman–Crippen LogP) is 4.53. The third-order valence-electron chi connectivity index (χ3n) is 3.64. The van der Waals surface area contributed by atoms with E-state index in [1.165, 1.54) is 11.8 Å². The highest BCUT2D eigenvalue weighted by molar-refractivity contribution is 7.99. The number of hydrogen-bond donors (Lipinski definition) is 0. The molecule has 6 nitrogen and oxygen atoms in total. The van der Waals surface area contributed by atoms with Gasteiger partial charge in [-0.3, -0.25) is 0 Å². The van der Waals surface area contributed by atoms with E-state index in [2.05, 4.69) is 10.2 Å². The molecular weight excluding hydrogens is 364 g/mol. The summed E-state index contributed by atoms with van der Waals surface area (Å²) in [6.07, 6.45) is 0.869. The zero-order valence-electron chi connectivity index (χ0n) is 15.4. The first-order valence-corrected chi connectivity index (χ1v) is 9.63. The fourth-order valence-corrected chi connectivity index (χ4v) is 2.98. The Morgan fingerprint density at radius 3 is 2.56 bits per heavy atom. The van der Waals surface area contributed by atoms with Crippen LogP contribution in [0.1, 0.15) is 17.9 Å². The van der Waals surface area contributed by atoms with Crippen molar-refractivity contribution < 1.29 is 18.6 Å². The van der Waals surface area contributed by atoms with Crippen molar-refractivity contribution in [2.75, 3.05) is 19.5 Å². The van der Waals surface area contributed by atoms with Gasteiger partial charge in [-0.2, -0.15) is 0 Å². The van der Waals surface area contributed by atoms with Gasteiger partial charge in [-0.05, 0) is 55.3 Å². The number of ether oxygens (including phenoxy) is 3. The van der Waals surface area contributed by atoms with Gasteiger partial charge in [0.25, 0.3) is 11.1 Å². The normalized spacial score (nSPS) is 10.6. The number of thioether (sulfide) groups is 1. The lowest BCUT2D eigenvalue weighted by molar-refractivity contribution is 0.252. The zero-order chi connectivity index (χ0) is 18.9. The van der Waals surface area contributed by atoms with Crippen LogP contribution in [0, 0.1) is 6.92 Å². The zero-order valence-corrected chi connectivity index (χ0v) is 16.2. The molecule has 142 valence electrons. The number of hydrogen-bond acceptors (Lipinski definition) is 7. The molecule has 0 saturated carbocycles. The Morgan fingerprint density at radius 1 is 0.963 bits per heavy atom. The first-order chi connectivity index (χ1) is 13.2. The molecule has 0 fully saturated rings. The van der Waals surface area contributed by atoms with Crippen LogP contribution < -0.4 is 14.2 Å². The molecule has 0 spiro atoms. The van der Waals surface area contributed by atoms with Crippen LogP contribution in [-0.4, -0.2) is 29.7 Å². The van der Waals surface area contributed by atoms with Crippen LogP contribution in [-0.2, 0) is 6.61 Å². The molecule has 0 aliphatic heterocycles. The minimum Gasteiger partial charge on any atom is -0.497 e.